The lowest BCUT2D eigenvalue weighted by molar-refractivity contribution is -0.132. The van der Waals surface area contributed by atoms with Crippen LogP contribution in [0.5, 0.6) is 5.75 Å². The summed E-state index contributed by atoms with van der Waals surface area (Å²) in [5.41, 5.74) is 4.14. The number of benzene rings is 2. The molecule has 0 aliphatic carbocycles. The van der Waals surface area contributed by atoms with Crippen molar-refractivity contribution in [2.45, 2.75) is 33.7 Å². The van der Waals surface area contributed by atoms with Crippen molar-refractivity contribution in [3.63, 3.8) is 0 Å². The highest BCUT2D eigenvalue weighted by molar-refractivity contribution is 7.92. The minimum absolute atomic E-state index is 0.190. The third-order valence-electron chi connectivity index (χ3n) is 5.98. The zero-order valence-electron chi connectivity index (χ0n) is 19.5. The summed E-state index contributed by atoms with van der Waals surface area (Å²) < 4.78 is 31.8. The third kappa shape index (κ3) is 5.18. The molecule has 0 radical (unpaired) electrons. The van der Waals surface area contributed by atoms with Crippen molar-refractivity contribution in [1.82, 2.24) is 4.90 Å². The zero-order valence-corrected chi connectivity index (χ0v) is 20.4. The average molecular weight is 460 g/mol. The fraction of sp³-hybridized carbons (Fsp3) is 0.458. The number of nitrogens with zero attached hydrogens (tertiary/aromatic N) is 3. The largest absolute Gasteiger partial charge is 0.494 e. The second-order valence-electron chi connectivity index (χ2n) is 8.19. The van der Waals surface area contributed by atoms with E-state index < -0.39 is 16.1 Å². The third-order valence-corrected chi connectivity index (χ3v) is 7.22. The topological polar surface area (TPSA) is 70.2 Å². The van der Waals surface area contributed by atoms with E-state index in [1.54, 1.807) is 36.1 Å². The second kappa shape index (κ2) is 9.81. The normalized spacial score (nSPS) is 15.4. The summed E-state index contributed by atoms with van der Waals surface area (Å²) in [6, 6.07) is 12.2. The van der Waals surface area contributed by atoms with Gasteiger partial charge >= 0.3 is 0 Å². The van der Waals surface area contributed by atoms with E-state index in [4.69, 9.17) is 4.74 Å². The minimum atomic E-state index is -3.66. The van der Waals surface area contributed by atoms with Gasteiger partial charge in [0.15, 0.2) is 0 Å². The van der Waals surface area contributed by atoms with Gasteiger partial charge in [0.05, 0.1) is 18.6 Å². The van der Waals surface area contributed by atoms with Crippen LogP contribution < -0.4 is 13.9 Å². The molecule has 1 heterocycles. The molecule has 32 heavy (non-hydrogen) atoms. The van der Waals surface area contributed by atoms with Crippen LogP contribution in [0.25, 0.3) is 0 Å². The summed E-state index contributed by atoms with van der Waals surface area (Å²) >= 11 is 0. The van der Waals surface area contributed by atoms with Gasteiger partial charge in [-0.2, -0.15) is 0 Å². The number of amides is 1. The molecule has 3 rings (SSSR count). The summed E-state index contributed by atoms with van der Waals surface area (Å²) in [5.74, 6) is 0.469. The maximum absolute atomic E-state index is 13.3. The molecule has 1 saturated heterocycles. The van der Waals surface area contributed by atoms with Gasteiger partial charge in [0, 0.05) is 31.9 Å². The highest BCUT2D eigenvalue weighted by Gasteiger charge is 2.33. The first-order valence-electron chi connectivity index (χ1n) is 11.0. The van der Waals surface area contributed by atoms with E-state index >= 15 is 0 Å². The molecule has 1 aliphatic rings. The van der Waals surface area contributed by atoms with Crippen LogP contribution in [0.15, 0.2) is 42.5 Å². The predicted molar refractivity (Wildman–Crippen MR) is 129 cm³/mol. The molecule has 1 aliphatic heterocycles. The molecule has 0 aromatic heterocycles. The van der Waals surface area contributed by atoms with Crippen LogP contribution in [0.3, 0.4) is 0 Å². The van der Waals surface area contributed by atoms with Crippen molar-refractivity contribution in [2.24, 2.45) is 0 Å². The molecular weight excluding hydrogens is 426 g/mol. The van der Waals surface area contributed by atoms with Crippen molar-refractivity contribution in [3.05, 3.63) is 53.6 Å². The highest BCUT2D eigenvalue weighted by Crippen LogP contribution is 2.26. The Kier molecular flexibility index (Phi) is 7.33. The molecule has 174 valence electrons. The van der Waals surface area contributed by atoms with Gasteiger partial charge in [0.1, 0.15) is 11.8 Å². The second-order valence-corrected chi connectivity index (χ2v) is 10.1. The SMILES string of the molecule is CCOc1ccc(N([C@@H](C)C(=O)N2CCN(c3cccc(C)c3C)CC2)S(C)(=O)=O)cc1. The van der Waals surface area contributed by atoms with E-state index in [1.807, 2.05) is 6.92 Å². The van der Waals surface area contributed by atoms with E-state index in [2.05, 4.69) is 36.9 Å². The van der Waals surface area contributed by atoms with Crippen LogP contribution in [0.2, 0.25) is 0 Å². The molecule has 7 nitrogen and oxygen atoms in total. The van der Waals surface area contributed by atoms with Gasteiger partial charge in [0.25, 0.3) is 0 Å². The zero-order chi connectivity index (χ0) is 23.5. The molecule has 0 spiro atoms. The lowest BCUT2D eigenvalue weighted by Crippen LogP contribution is -2.55. The number of aryl methyl sites for hydroxylation is 1. The van der Waals surface area contributed by atoms with Crippen molar-refractivity contribution in [1.29, 1.82) is 0 Å². The molecular formula is C24H33N3O4S. The number of hydrogen-bond acceptors (Lipinski definition) is 5. The number of ether oxygens (including phenoxy) is 1. The average Bonchev–Trinajstić information content (AvgIpc) is 2.76. The number of carbonyl (C=O) groups is 1. The summed E-state index contributed by atoms with van der Waals surface area (Å²) in [7, 11) is -3.66. The summed E-state index contributed by atoms with van der Waals surface area (Å²) in [6.07, 6.45) is 1.13. The van der Waals surface area contributed by atoms with Crippen LogP contribution >= 0.6 is 0 Å². The lowest BCUT2D eigenvalue weighted by Gasteiger charge is -2.39. The molecule has 1 amide bonds. The standard InChI is InChI=1S/C24H33N3O4S/c1-6-31-22-12-10-21(11-13-22)27(32(5,29)30)20(4)24(28)26-16-14-25(15-17-26)23-9-7-8-18(2)19(23)3/h7-13,20H,6,14-17H2,1-5H3/t20-/m0/s1. The number of anilines is 2. The summed E-state index contributed by atoms with van der Waals surface area (Å²) in [5, 5.41) is 0. The smallest absolute Gasteiger partial charge is 0.246 e. The van der Waals surface area contributed by atoms with E-state index in [0.29, 0.717) is 44.2 Å². The van der Waals surface area contributed by atoms with Crippen LogP contribution in [0, 0.1) is 13.8 Å². The van der Waals surface area contributed by atoms with E-state index in [0.717, 1.165) is 6.26 Å². The van der Waals surface area contributed by atoms with Gasteiger partial charge in [0.2, 0.25) is 15.9 Å². The Balaban J connectivity index is 1.73. The van der Waals surface area contributed by atoms with Crippen molar-refractivity contribution < 1.29 is 17.9 Å². The first kappa shape index (κ1) is 23.9. The van der Waals surface area contributed by atoms with Gasteiger partial charge in [-0.3, -0.25) is 9.10 Å². The van der Waals surface area contributed by atoms with Crippen LogP contribution in [0.4, 0.5) is 11.4 Å². The summed E-state index contributed by atoms with van der Waals surface area (Å²) in [4.78, 5) is 17.3. The number of carbonyl (C=O) groups excluding carboxylic acids is 1. The first-order chi connectivity index (χ1) is 15.1. The Hall–Kier alpha value is -2.74. The fourth-order valence-electron chi connectivity index (χ4n) is 4.17. The van der Waals surface area contributed by atoms with Gasteiger partial charge in [-0.1, -0.05) is 12.1 Å². The van der Waals surface area contributed by atoms with Gasteiger partial charge in [-0.25, -0.2) is 8.42 Å². The Bertz CT molecular complexity index is 1050. The quantitative estimate of drug-likeness (QED) is 0.636. The number of piperazine rings is 1. The molecule has 0 saturated carbocycles. The molecule has 0 N–H and O–H groups in total. The number of sulfonamides is 1. The molecule has 8 heteroatoms. The Labute approximate surface area is 191 Å². The maximum atomic E-state index is 13.3. The van der Waals surface area contributed by atoms with Crippen molar-refractivity contribution >= 4 is 27.3 Å². The maximum Gasteiger partial charge on any atom is 0.246 e. The van der Waals surface area contributed by atoms with E-state index in [1.165, 1.54) is 21.1 Å². The van der Waals surface area contributed by atoms with Gasteiger partial charge < -0.3 is 14.5 Å². The van der Waals surface area contributed by atoms with Crippen LogP contribution in [-0.2, 0) is 14.8 Å². The monoisotopic (exact) mass is 459 g/mol. The lowest BCUT2D eigenvalue weighted by atomic mass is 10.1. The minimum Gasteiger partial charge on any atom is -0.494 e. The molecule has 1 fully saturated rings. The highest BCUT2D eigenvalue weighted by atomic mass is 32.2. The van der Waals surface area contributed by atoms with E-state index in [9.17, 15) is 13.2 Å². The Morgan fingerprint density at radius 3 is 2.25 bits per heavy atom. The van der Waals surface area contributed by atoms with Crippen molar-refractivity contribution in [2.75, 3.05) is 48.2 Å². The molecule has 0 unspecified atom stereocenters. The summed E-state index contributed by atoms with van der Waals surface area (Å²) in [6.45, 7) is 10.8. The number of rotatable bonds is 7. The molecule has 0 bridgehead atoms. The molecule has 1 atom stereocenters. The Morgan fingerprint density at radius 2 is 1.69 bits per heavy atom. The fourth-order valence-corrected chi connectivity index (χ4v) is 5.34. The van der Waals surface area contributed by atoms with Gasteiger partial charge in [-0.05, 0) is 69.2 Å². The number of hydrogen-bond donors (Lipinski definition) is 0. The van der Waals surface area contributed by atoms with E-state index in [-0.39, 0.29) is 5.91 Å². The van der Waals surface area contributed by atoms with Crippen molar-refractivity contribution in [3.8, 4) is 5.75 Å². The Morgan fingerprint density at radius 1 is 1.06 bits per heavy atom. The van der Waals surface area contributed by atoms with Gasteiger partial charge in [-0.15, -0.1) is 0 Å². The predicted octanol–water partition coefficient (Wildman–Crippen LogP) is 3.21. The van der Waals surface area contributed by atoms with Crippen LogP contribution in [-0.4, -0.2) is 64.3 Å². The molecule has 2 aromatic carbocycles. The first-order valence-corrected chi connectivity index (χ1v) is 12.8. The molecule has 2 aromatic rings. The van der Waals surface area contributed by atoms with Crippen LogP contribution in [0.1, 0.15) is 25.0 Å².